The highest BCUT2D eigenvalue weighted by Crippen LogP contribution is 2.41. The molecular weight excluding hydrogens is 279 g/mol. The second-order valence-electron chi connectivity index (χ2n) is 5.58. The zero-order chi connectivity index (χ0) is 14.0. The SMILES string of the molecule is O=C(C1CCCC(C(F)(F)F)C1)N1CCCC1CCl. The van der Waals surface area contributed by atoms with Crippen LogP contribution in [0.25, 0.3) is 0 Å². The Morgan fingerprint density at radius 3 is 2.58 bits per heavy atom. The standard InChI is InChI=1S/C13H19ClF3NO/c14-8-11-5-2-6-18(11)12(19)9-3-1-4-10(7-9)13(15,16)17/h9-11H,1-8H2. The average molecular weight is 298 g/mol. The molecule has 2 nitrogen and oxygen atoms in total. The van der Waals surface area contributed by atoms with Gasteiger partial charge in [0.25, 0.3) is 0 Å². The quantitative estimate of drug-likeness (QED) is 0.713. The Hall–Kier alpha value is -0.450. The molecule has 2 rings (SSSR count). The van der Waals surface area contributed by atoms with Crippen LogP contribution in [0.15, 0.2) is 0 Å². The topological polar surface area (TPSA) is 20.3 Å². The van der Waals surface area contributed by atoms with Gasteiger partial charge in [-0.05, 0) is 32.1 Å². The predicted molar refractivity (Wildman–Crippen MR) is 67.0 cm³/mol. The summed E-state index contributed by atoms with van der Waals surface area (Å²) >= 11 is 5.81. The summed E-state index contributed by atoms with van der Waals surface area (Å²) in [5.74, 6) is -1.52. The lowest BCUT2D eigenvalue weighted by atomic mass is 9.80. The number of likely N-dealkylation sites (tertiary alicyclic amines) is 1. The third kappa shape index (κ3) is 3.36. The third-order valence-electron chi connectivity index (χ3n) is 4.32. The molecule has 3 atom stereocenters. The normalized spacial score (nSPS) is 32.6. The van der Waals surface area contributed by atoms with E-state index in [1.807, 2.05) is 0 Å². The van der Waals surface area contributed by atoms with Gasteiger partial charge in [-0.15, -0.1) is 11.6 Å². The number of halogens is 4. The fourth-order valence-corrected chi connectivity index (χ4v) is 3.55. The van der Waals surface area contributed by atoms with Gasteiger partial charge in [0.2, 0.25) is 5.91 Å². The first-order chi connectivity index (χ1) is 8.93. The van der Waals surface area contributed by atoms with Crippen molar-refractivity contribution in [1.29, 1.82) is 0 Å². The lowest BCUT2D eigenvalue weighted by Gasteiger charge is -2.33. The smallest absolute Gasteiger partial charge is 0.338 e. The first-order valence-corrected chi connectivity index (χ1v) is 7.40. The van der Waals surface area contributed by atoms with Gasteiger partial charge in [-0.1, -0.05) is 6.42 Å². The van der Waals surface area contributed by atoms with Crippen LogP contribution in [0.2, 0.25) is 0 Å². The Balaban J connectivity index is 1.99. The summed E-state index contributed by atoms with van der Waals surface area (Å²) in [6.45, 7) is 0.642. The van der Waals surface area contributed by atoms with Gasteiger partial charge in [0.1, 0.15) is 0 Å². The molecule has 110 valence electrons. The first kappa shape index (κ1) is 14.9. The van der Waals surface area contributed by atoms with Crippen LogP contribution in [-0.2, 0) is 4.79 Å². The molecule has 6 heteroatoms. The molecule has 1 aliphatic carbocycles. The van der Waals surface area contributed by atoms with Crippen molar-refractivity contribution in [2.75, 3.05) is 12.4 Å². The third-order valence-corrected chi connectivity index (χ3v) is 4.68. The molecule has 3 unspecified atom stereocenters. The van der Waals surface area contributed by atoms with Crippen LogP contribution in [0.4, 0.5) is 13.2 Å². The van der Waals surface area contributed by atoms with Crippen molar-refractivity contribution < 1.29 is 18.0 Å². The average Bonchev–Trinajstić information content (AvgIpc) is 2.85. The highest BCUT2D eigenvalue weighted by molar-refractivity contribution is 6.18. The summed E-state index contributed by atoms with van der Waals surface area (Å²) in [7, 11) is 0. The summed E-state index contributed by atoms with van der Waals surface area (Å²) in [5, 5.41) is 0. The number of rotatable bonds is 2. The Morgan fingerprint density at radius 1 is 1.21 bits per heavy atom. The Bertz CT molecular complexity index is 334. The van der Waals surface area contributed by atoms with Crippen LogP contribution >= 0.6 is 11.6 Å². The maximum Gasteiger partial charge on any atom is 0.391 e. The lowest BCUT2D eigenvalue weighted by Crippen LogP contribution is -2.43. The van der Waals surface area contributed by atoms with Gasteiger partial charge >= 0.3 is 6.18 Å². The minimum absolute atomic E-state index is 0.0143. The number of alkyl halides is 4. The van der Waals surface area contributed by atoms with Crippen molar-refractivity contribution in [3.05, 3.63) is 0 Å². The first-order valence-electron chi connectivity index (χ1n) is 6.86. The van der Waals surface area contributed by atoms with Gasteiger partial charge in [-0.3, -0.25) is 4.79 Å². The Labute approximate surface area is 116 Å². The van der Waals surface area contributed by atoms with Crippen molar-refractivity contribution in [2.45, 2.75) is 50.7 Å². The van der Waals surface area contributed by atoms with E-state index >= 15 is 0 Å². The molecule has 0 N–H and O–H groups in total. The number of carbonyl (C=O) groups is 1. The molecule has 1 aliphatic heterocycles. The summed E-state index contributed by atoms with van der Waals surface area (Å²) < 4.78 is 38.3. The number of hydrogen-bond acceptors (Lipinski definition) is 1. The van der Waals surface area contributed by atoms with Crippen LogP contribution in [-0.4, -0.2) is 35.4 Å². The largest absolute Gasteiger partial charge is 0.391 e. The van der Waals surface area contributed by atoms with Crippen LogP contribution in [0, 0.1) is 11.8 Å². The molecule has 1 heterocycles. The van der Waals surface area contributed by atoms with E-state index in [9.17, 15) is 18.0 Å². The van der Waals surface area contributed by atoms with Crippen molar-refractivity contribution in [2.24, 2.45) is 11.8 Å². The van der Waals surface area contributed by atoms with Crippen LogP contribution in [0.5, 0.6) is 0 Å². The molecule has 19 heavy (non-hydrogen) atoms. The zero-order valence-corrected chi connectivity index (χ0v) is 11.5. The monoisotopic (exact) mass is 297 g/mol. The molecule has 0 radical (unpaired) electrons. The molecule has 0 aromatic heterocycles. The van der Waals surface area contributed by atoms with Gasteiger partial charge < -0.3 is 4.90 Å². The molecule has 1 saturated carbocycles. The van der Waals surface area contributed by atoms with Crippen molar-refractivity contribution in [3.8, 4) is 0 Å². The lowest BCUT2D eigenvalue weighted by molar-refractivity contribution is -0.187. The van der Waals surface area contributed by atoms with E-state index < -0.39 is 18.0 Å². The fourth-order valence-electron chi connectivity index (χ4n) is 3.23. The molecule has 0 spiro atoms. The minimum atomic E-state index is -4.17. The maximum atomic E-state index is 12.8. The molecule has 1 saturated heterocycles. The zero-order valence-electron chi connectivity index (χ0n) is 10.8. The van der Waals surface area contributed by atoms with Crippen molar-refractivity contribution in [3.63, 3.8) is 0 Å². The molecule has 2 fully saturated rings. The molecular formula is C13H19ClF3NO. The Kier molecular flexibility index (Phi) is 4.64. The van der Waals surface area contributed by atoms with E-state index in [1.165, 1.54) is 0 Å². The molecule has 0 aromatic rings. The second kappa shape index (κ2) is 5.90. The minimum Gasteiger partial charge on any atom is -0.338 e. The van der Waals surface area contributed by atoms with Crippen LogP contribution < -0.4 is 0 Å². The van der Waals surface area contributed by atoms with Gasteiger partial charge in [-0.2, -0.15) is 13.2 Å². The van der Waals surface area contributed by atoms with Gasteiger partial charge in [0, 0.05) is 24.4 Å². The molecule has 2 aliphatic rings. The summed E-state index contributed by atoms with van der Waals surface area (Å²) in [5.41, 5.74) is 0. The highest BCUT2D eigenvalue weighted by atomic mass is 35.5. The van der Waals surface area contributed by atoms with E-state index in [-0.39, 0.29) is 24.8 Å². The molecule has 0 bridgehead atoms. The Morgan fingerprint density at radius 2 is 1.95 bits per heavy atom. The molecule has 1 amide bonds. The van der Waals surface area contributed by atoms with Crippen molar-refractivity contribution in [1.82, 2.24) is 4.90 Å². The predicted octanol–water partition coefficient (Wildman–Crippen LogP) is 3.58. The van der Waals surface area contributed by atoms with Gasteiger partial charge in [0.05, 0.1) is 5.92 Å². The van der Waals surface area contributed by atoms with E-state index in [2.05, 4.69) is 0 Å². The fraction of sp³-hybridized carbons (Fsp3) is 0.923. The number of hydrogen-bond donors (Lipinski definition) is 0. The van der Waals surface area contributed by atoms with Gasteiger partial charge in [0.15, 0.2) is 0 Å². The summed E-state index contributed by atoms with van der Waals surface area (Å²) in [6, 6.07) is 0.0143. The maximum absolute atomic E-state index is 12.8. The molecule has 0 aromatic carbocycles. The second-order valence-corrected chi connectivity index (χ2v) is 5.89. The number of carbonyl (C=O) groups excluding carboxylic acids is 1. The summed E-state index contributed by atoms with van der Waals surface area (Å²) in [4.78, 5) is 14.0. The van der Waals surface area contributed by atoms with Crippen LogP contribution in [0.3, 0.4) is 0 Å². The highest BCUT2D eigenvalue weighted by Gasteiger charge is 2.45. The van der Waals surface area contributed by atoms with Crippen LogP contribution in [0.1, 0.15) is 38.5 Å². The summed E-state index contributed by atoms with van der Waals surface area (Å²) in [6.07, 6.45) is -1.23. The number of amides is 1. The van der Waals surface area contributed by atoms with E-state index in [1.54, 1.807) is 4.90 Å². The van der Waals surface area contributed by atoms with E-state index in [4.69, 9.17) is 11.6 Å². The van der Waals surface area contributed by atoms with Crippen molar-refractivity contribution >= 4 is 17.5 Å². The van der Waals surface area contributed by atoms with E-state index in [0.29, 0.717) is 25.3 Å². The number of nitrogens with zero attached hydrogens (tertiary/aromatic N) is 1. The van der Waals surface area contributed by atoms with E-state index in [0.717, 1.165) is 12.8 Å². The van der Waals surface area contributed by atoms with Gasteiger partial charge in [-0.25, -0.2) is 0 Å².